The standard InChI is InChI=1S/C23H29FN4OS/c1-19(29)25-13-15-26(16-14-25)22-10-9-20(23(24)17-22)18-27-11-5-6-12-28(30-27)21-7-3-2-4-8-21/h2-4,7-10,17H,5-6,11-16,18H2,1H3. The van der Waals surface area contributed by atoms with Crippen LogP contribution in [0.5, 0.6) is 0 Å². The van der Waals surface area contributed by atoms with Crippen molar-refractivity contribution in [1.82, 2.24) is 9.21 Å². The van der Waals surface area contributed by atoms with E-state index in [9.17, 15) is 9.18 Å². The number of benzene rings is 2. The van der Waals surface area contributed by atoms with Crippen LogP contribution in [0.3, 0.4) is 0 Å². The van der Waals surface area contributed by atoms with Crippen molar-refractivity contribution < 1.29 is 9.18 Å². The zero-order valence-electron chi connectivity index (χ0n) is 17.5. The average molecular weight is 429 g/mol. The lowest BCUT2D eigenvalue weighted by molar-refractivity contribution is -0.129. The minimum atomic E-state index is -0.155. The monoisotopic (exact) mass is 428 g/mol. The summed E-state index contributed by atoms with van der Waals surface area (Å²) in [5.41, 5.74) is 2.81. The van der Waals surface area contributed by atoms with Gasteiger partial charge >= 0.3 is 0 Å². The Bertz CT molecular complexity index is 858. The third kappa shape index (κ3) is 5.08. The summed E-state index contributed by atoms with van der Waals surface area (Å²) in [5.74, 6) is -0.0479. The quantitative estimate of drug-likeness (QED) is 0.683. The number of nitrogens with zero attached hydrogens (tertiary/aromatic N) is 4. The van der Waals surface area contributed by atoms with Gasteiger partial charge in [0.25, 0.3) is 0 Å². The molecule has 0 aliphatic carbocycles. The first-order chi connectivity index (χ1) is 14.6. The SMILES string of the molecule is CC(=O)N1CCN(c2ccc(CN3CCCCN(c4ccccc4)S3)c(F)c2)CC1. The van der Waals surface area contributed by atoms with Crippen molar-refractivity contribution in [2.75, 3.05) is 48.5 Å². The molecule has 0 atom stereocenters. The Balaban J connectivity index is 1.40. The fourth-order valence-electron chi connectivity index (χ4n) is 3.97. The Morgan fingerprint density at radius 1 is 0.933 bits per heavy atom. The Labute approximate surface area is 182 Å². The Hall–Kier alpha value is -2.25. The van der Waals surface area contributed by atoms with Crippen LogP contribution in [0.25, 0.3) is 0 Å². The van der Waals surface area contributed by atoms with E-state index in [1.54, 1.807) is 25.1 Å². The highest BCUT2D eigenvalue weighted by molar-refractivity contribution is 7.98. The van der Waals surface area contributed by atoms with Gasteiger partial charge in [-0.3, -0.25) is 4.79 Å². The number of halogens is 1. The molecular formula is C23H29FN4OS. The molecule has 4 rings (SSSR count). The van der Waals surface area contributed by atoms with Gasteiger partial charge in [0.05, 0.1) is 0 Å². The van der Waals surface area contributed by atoms with Crippen molar-refractivity contribution in [2.45, 2.75) is 26.3 Å². The van der Waals surface area contributed by atoms with E-state index < -0.39 is 0 Å². The molecule has 0 saturated carbocycles. The second-order valence-corrected chi connectivity index (χ2v) is 8.98. The van der Waals surface area contributed by atoms with E-state index in [0.717, 1.165) is 50.3 Å². The van der Waals surface area contributed by atoms with Gasteiger partial charge in [0.2, 0.25) is 5.91 Å². The van der Waals surface area contributed by atoms with E-state index in [4.69, 9.17) is 0 Å². The van der Waals surface area contributed by atoms with Gasteiger partial charge in [-0.15, -0.1) is 0 Å². The molecule has 2 aromatic rings. The van der Waals surface area contributed by atoms with E-state index >= 15 is 0 Å². The second-order valence-electron chi connectivity index (χ2n) is 7.86. The van der Waals surface area contributed by atoms with E-state index in [-0.39, 0.29) is 11.7 Å². The second kappa shape index (κ2) is 9.71. The highest BCUT2D eigenvalue weighted by atomic mass is 32.2. The first-order valence-corrected chi connectivity index (χ1v) is 11.4. The summed E-state index contributed by atoms with van der Waals surface area (Å²) in [6.07, 6.45) is 2.24. The lowest BCUT2D eigenvalue weighted by Gasteiger charge is -2.35. The van der Waals surface area contributed by atoms with E-state index in [1.807, 2.05) is 23.1 Å². The predicted octanol–water partition coefficient (Wildman–Crippen LogP) is 4.16. The summed E-state index contributed by atoms with van der Waals surface area (Å²) in [7, 11) is 0. The maximum atomic E-state index is 14.9. The average Bonchev–Trinajstić information content (AvgIpc) is 3.01. The Kier molecular flexibility index (Phi) is 6.79. The first kappa shape index (κ1) is 21.0. The van der Waals surface area contributed by atoms with Gasteiger partial charge in [-0.2, -0.15) is 0 Å². The fourth-order valence-corrected chi connectivity index (χ4v) is 5.09. The summed E-state index contributed by atoms with van der Waals surface area (Å²) >= 11 is 1.70. The largest absolute Gasteiger partial charge is 0.368 e. The molecule has 2 fully saturated rings. The number of carbonyl (C=O) groups excluding carboxylic acids is 1. The van der Waals surface area contributed by atoms with Crippen molar-refractivity contribution in [1.29, 1.82) is 0 Å². The van der Waals surface area contributed by atoms with Gasteiger partial charge in [-0.25, -0.2) is 8.70 Å². The zero-order valence-corrected chi connectivity index (χ0v) is 18.3. The molecule has 30 heavy (non-hydrogen) atoms. The molecule has 0 aromatic heterocycles. The van der Waals surface area contributed by atoms with Crippen LogP contribution in [0.4, 0.5) is 15.8 Å². The van der Waals surface area contributed by atoms with Crippen molar-refractivity contribution in [3.63, 3.8) is 0 Å². The molecule has 2 saturated heterocycles. The number of hydrogen-bond donors (Lipinski definition) is 0. The lowest BCUT2D eigenvalue weighted by Crippen LogP contribution is -2.48. The van der Waals surface area contributed by atoms with Crippen LogP contribution in [0.1, 0.15) is 25.3 Å². The minimum absolute atomic E-state index is 0.107. The number of amides is 1. The third-order valence-electron chi connectivity index (χ3n) is 5.75. The van der Waals surface area contributed by atoms with Gasteiger partial charge < -0.3 is 14.1 Å². The van der Waals surface area contributed by atoms with Crippen molar-refractivity contribution in [3.05, 3.63) is 59.9 Å². The van der Waals surface area contributed by atoms with Crippen LogP contribution in [0.15, 0.2) is 48.5 Å². The van der Waals surface area contributed by atoms with Crippen LogP contribution in [0.2, 0.25) is 0 Å². The fraction of sp³-hybridized carbons (Fsp3) is 0.435. The molecule has 0 radical (unpaired) electrons. The summed E-state index contributed by atoms with van der Waals surface area (Å²) in [4.78, 5) is 15.5. The minimum Gasteiger partial charge on any atom is -0.368 e. The number of piperazine rings is 1. The topological polar surface area (TPSA) is 30.0 Å². The van der Waals surface area contributed by atoms with Crippen LogP contribution >= 0.6 is 12.1 Å². The molecule has 0 spiro atoms. The maximum absolute atomic E-state index is 14.9. The Morgan fingerprint density at radius 3 is 2.37 bits per heavy atom. The van der Waals surface area contributed by atoms with E-state index in [0.29, 0.717) is 19.6 Å². The Morgan fingerprint density at radius 2 is 1.67 bits per heavy atom. The molecule has 1 amide bonds. The summed E-state index contributed by atoms with van der Waals surface area (Å²) < 4.78 is 19.5. The number of rotatable bonds is 4. The molecule has 0 N–H and O–H groups in total. The molecule has 2 heterocycles. The van der Waals surface area contributed by atoms with Crippen molar-refractivity contribution in [3.8, 4) is 0 Å². The molecule has 2 aromatic carbocycles. The van der Waals surface area contributed by atoms with Crippen molar-refractivity contribution >= 4 is 29.4 Å². The van der Waals surface area contributed by atoms with Crippen molar-refractivity contribution in [2.24, 2.45) is 0 Å². The maximum Gasteiger partial charge on any atom is 0.219 e. The van der Waals surface area contributed by atoms with Gasteiger partial charge in [-0.05, 0) is 37.1 Å². The van der Waals surface area contributed by atoms with Crippen LogP contribution in [0, 0.1) is 5.82 Å². The highest BCUT2D eigenvalue weighted by Gasteiger charge is 2.21. The molecular weight excluding hydrogens is 399 g/mol. The predicted molar refractivity (Wildman–Crippen MR) is 122 cm³/mol. The van der Waals surface area contributed by atoms with Crippen LogP contribution in [-0.4, -0.2) is 54.4 Å². The highest BCUT2D eigenvalue weighted by Crippen LogP contribution is 2.30. The van der Waals surface area contributed by atoms with Gasteiger partial charge in [0, 0.05) is 81.8 Å². The summed E-state index contributed by atoms with van der Waals surface area (Å²) in [6, 6.07) is 16.0. The molecule has 2 aliphatic heterocycles. The lowest BCUT2D eigenvalue weighted by atomic mass is 10.1. The van der Waals surface area contributed by atoms with E-state index in [2.05, 4.69) is 37.8 Å². The number of anilines is 2. The van der Waals surface area contributed by atoms with E-state index in [1.165, 1.54) is 5.69 Å². The number of carbonyl (C=O) groups is 1. The van der Waals surface area contributed by atoms with Crippen LogP contribution < -0.4 is 9.21 Å². The molecule has 0 bridgehead atoms. The third-order valence-corrected chi connectivity index (χ3v) is 6.88. The number of hydrogen-bond acceptors (Lipinski definition) is 5. The molecule has 2 aliphatic rings. The molecule has 0 unspecified atom stereocenters. The first-order valence-electron chi connectivity index (χ1n) is 10.6. The smallest absolute Gasteiger partial charge is 0.219 e. The van der Waals surface area contributed by atoms with Crippen LogP contribution in [-0.2, 0) is 11.3 Å². The molecule has 160 valence electrons. The molecule has 7 heteroatoms. The molecule has 5 nitrogen and oxygen atoms in total. The number of para-hydroxylation sites is 1. The zero-order chi connectivity index (χ0) is 20.9. The normalized spacial score (nSPS) is 18.4. The van der Waals surface area contributed by atoms with Gasteiger partial charge in [-0.1, -0.05) is 24.3 Å². The van der Waals surface area contributed by atoms with Gasteiger partial charge in [0.15, 0.2) is 0 Å². The summed E-state index contributed by atoms with van der Waals surface area (Å²) in [6.45, 7) is 7.00. The van der Waals surface area contributed by atoms with Gasteiger partial charge in [0.1, 0.15) is 5.82 Å². The summed E-state index contributed by atoms with van der Waals surface area (Å²) in [5, 5.41) is 0.